The third-order valence-corrected chi connectivity index (χ3v) is 3.54. The van der Waals surface area contributed by atoms with Crippen molar-refractivity contribution < 1.29 is 0 Å². The number of hydrogen-bond donors (Lipinski definition) is 2. The summed E-state index contributed by atoms with van der Waals surface area (Å²) in [5, 5.41) is 3.39. The van der Waals surface area contributed by atoms with Crippen LogP contribution in [0, 0.1) is 0 Å². The van der Waals surface area contributed by atoms with Gasteiger partial charge in [-0.1, -0.05) is 18.2 Å². The average Bonchev–Trinajstić information content (AvgIpc) is 2.55. The van der Waals surface area contributed by atoms with Gasteiger partial charge >= 0.3 is 0 Å². The molecule has 3 aromatic rings. The van der Waals surface area contributed by atoms with Crippen LogP contribution in [0.15, 0.2) is 58.6 Å². The third kappa shape index (κ3) is 1.83. The Morgan fingerprint density at radius 3 is 2.86 bits per heavy atom. The lowest BCUT2D eigenvalue weighted by Crippen LogP contribution is -2.38. The fraction of sp³-hybridized carbons (Fsp3) is 0.0667. The van der Waals surface area contributed by atoms with Crippen LogP contribution in [0.3, 0.4) is 0 Å². The summed E-state index contributed by atoms with van der Waals surface area (Å²) in [4.78, 5) is 25.7. The van der Waals surface area contributed by atoms with Gasteiger partial charge in [0.05, 0.1) is 10.9 Å². The monoisotopic (exact) mass is 292 g/mol. The Morgan fingerprint density at radius 2 is 2.05 bits per heavy atom. The highest BCUT2D eigenvalue weighted by molar-refractivity contribution is 5.93. The Hall–Kier alpha value is -3.22. The van der Waals surface area contributed by atoms with Crippen LogP contribution in [0.5, 0.6) is 0 Å². The van der Waals surface area contributed by atoms with Gasteiger partial charge < -0.3 is 5.73 Å². The number of guanidine groups is 1. The predicted octanol–water partition coefficient (Wildman–Crippen LogP) is 1.08. The van der Waals surface area contributed by atoms with E-state index in [1.54, 1.807) is 30.6 Å². The molecule has 0 saturated carbocycles. The number of aromatic nitrogens is 3. The first kappa shape index (κ1) is 12.5. The van der Waals surface area contributed by atoms with E-state index in [1.807, 2.05) is 18.2 Å². The van der Waals surface area contributed by atoms with E-state index in [2.05, 4.69) is 20.3 Å². The molecule has 4 rings (SSSR count). The molecule has 1 aliphatic heterocycles. The molecule has 0 fully saturated rings. The van der Waals surface area contributed by atoms with Gasteiger partial charge in [-0.2, -0.15) is 0 Å². The smallest absolute Gasteiger partial charge is 0.264 e. The summed E-state index contributed by atoms with van der Waals surface area (Å²) < 4.78 is 1.50. The van der Waals surface area contributed by atoms with E-state index >= 15 is 0 Å². The summed E-state index contributed by atoms with van der Waals surface area (Å²) in [7, 11) is 0. The van der Waals surface area contributed by atoms with Crippen LogP contribution in [-0.2, 0) is 0 Å². The quantitative estimate of drug-likeness (QED) is 0.699. The Balaban J connectivity index is 2.03. The molecule has 0 aliphatic carbocycles. The zero-order chi connectivity index (χ0) is 15.1. The third-order valence-electron chi connectivity index (χ3n) is 3.54. The van der Waals surface area contributed by atoms with Crippen molar-refractivity contribution in [2.45, 2.75) is 6.17 Å². The maximum Gasteiger partial charge on any atom is 0.264 e. The Labute approximate surface area is 125 Å². The standard InChI is InChI=1S/C15H12N6O/c16-14-19-12(9-4-3-7-17-8-9)21-13(22)10-5-1-2-6-11(10)18-15(21)20-14/h1-8,12H,(H3,16,18,19,20). The first-order valence-corrected chi connectivity index (χ1v) is 6.75. The van der Waals surface area contributed by atoms with Crippen LogP contribution in [0.1, 0.15) is 11.7 Å². The zero-order valence-corrected chi connectivity index (χ0v) is 11.5. The lowest BCUT2D eigenvalue weighted by molar-refractivity contribution is 0.582. The topological polar surface area (TPSA) is 98.2 Å². The number of nitrogens with one attached hydrogen (secondary N) is 1. The zero-order valence-electron chi connectivity index (χ0n) is 11.5. The highest BCUT2D eigenvalue weighted by Crippen LogP contribution is 2.25. The van der Waals surface area contributed by atoms with E-state index in [4.69, 9.17) is 5.73 Å². The maximum atomic E-state index is 12.8. The number of benzene rings is 1. The number of nitrogens with zero attached hydrogens (tertiary/aromatic N) is 4. The minimum absolute atomic E-state index is 0.168. The first-order valence-electron chi connectivity index (χ1n) is 6.75. The molecule has 3 N–H and O–H groups in total. The second kappa shape index (κ2) is 4.66. The first-order chi connectivity index (χ1) is 10.7. The molecule has 1 aliphatic rings. The van der Waals surface area contributed by atoms with E-state index in [1.165, 1.54) is 4.57 Å². The van der Waals surface area contributed by atoms with Crippen LogP contribution < -0.4 is 16.6 Å². The molecule has 0 radical (unpaired) electrons. The second-order valence-corrected chi connectivity index (χ2v) is 4.93. The van der Waals surface area contributed by atoms with Gasteiger partial charge in [0.2, 0.25) is 5.95 Å². The van der Waals surface area contributed by atoms with Crippen LogP contribution in [0.25, 0.3) is 10.9 Å². The van der Waals surface area contributed by atoms with Crippen molar-refractivity contribution in [1.82, 2.24) is 14.5 Å². The molecule has 1 unspecified atom stereocenters. The van der Waals surface area contributed by atoms with Crippen molar-refractivity contribution in [2.24, 2.45) is 10.7 Å². The summed E-state index contributed by atoms with van der Waals surface area (Å²) in [6.45, 7) is 0. The van der Waals surface area contributed by atoms with Crippen molar-refractivity contribution >= 4 is 22.8 Å². The number of aliphatic imine (C=N–C) groups is 1. The normalized spacial score (nSPS) is 16.7. The Bertz CT molecular complexity index is 947. The largest absolute Gasteiger partial charge is 0.370 e. The number of nitrogens with two attached hydrogens (primary N) is 1. The van der Waals surface area contributed by atoms with Crippen LogP contribution >= 0.6 is 0 Å². The summed E-state index contributed by atoms with van der Waals surface area (Å²) in [6, 6.07) is 10.8. The predicted molar refractivity (Wildman–Crippen MR) is 83.6 cm³/mol. The van der Waals surface area contributed by atoms with Crippen molar-refractivity contribution in [1.29, 1.82) is 0 Å². The summed E-state index contributed by atoms with van der Waals surface area (Å²) >= 11 is 0. The maximum absolute atomic E-state index is 12.8. The van der Waals surface area contributed by atoms with Crippen molar-refractivity contribution in [2.75, 3.05) is 5.32 Å². The molecule has 3 heterocycles. The molecule has 7 nitrogen and oxygen atoms in total. The van der Waals surface area contributed by atoms with Crippen LogP contribution in [-0.4, -0.2) is 20.5 Å². The van der Waals surface area contributed by atoms with E-state index in [0.29, 0.717) is 16.9 Å². The molecular formula is C15H12N6O. The molecule has 1 aromatic carbocycles. The molecule has 7 heteroatoms. The lowest BCUT2D eigenvalue weighted by Gasteiger charge is -2.25. The van der Waals surface area contributed by atoms with Gasteiger partial charge in [-0.25, -0.2) is 9.98 Å². The Morgan fingerprint density at radius 1 is 1.18 bits per heavy atom. The van der Waals surface area contributed by atoms with E-state index in [0.717, 1.165) is 5.56 Å². The van der Waals surface area contributed by atoms with Crippen LogP contribution in [0.2, 0.25) is 0 Å². The van der Waals surface area contributed by atoms with Crippen molar-refractivity contribution in [3.8, 4) is 0 Å². The number of rotatable bonds is 1. The minimum atomic E-state index is -0.574. The van der Waals surface area contributed by atoms with Gasteiger partial charge in [-0.15, -0.1) is 0 Å². The van der Waals surface area contributed by atoms with E-state index < -0.39 is 6.17 Å². The lowest BCUT2D eigenvalue weighted by atomic mass is 10.2. The molecule has 0 bridgehead atoms. The van der Waals surface area contributed by atoms with Gasteiger partial charge in [0, 0.05) is 18.0 Å². The molecule has 0 spiro atoms. The molecule has 22 heavy (non-hydrogen) atoms. The fourth-order valence-electron chi connectivity index (χ4n) is 2.55. The highest BCUT2D eigenvalue weighted by atomic mass is 16.1. The van der Waals surface area contributed by atoms with Gasteiger partial charge in [0.1, 0.15) is 0 Å². The summed E-state index contributed by atoms with van der Waals surface area (Å²) in [6.07, 6.45) is 2.76. The second-order valence-electron chi connectivity index (χ2n) is 4.93. The summed E-state index contributed by atoms with van der Waals surface area (Å²) in [5.41, 5.74) is 7.05. The molecule has 0 amide bonds. The van der Waals surface area contributed by atoms with E-state index in [-0.39, 0.29) is 11.5 Å². The van der Waals surface area contributed by atoms with Crippen molar-refractivity contribution in [3.05, 3.63) is 64.7 Å². The SMILES string of the molecule is NC1=NC(c2cccnc2)n2c(nc3ccccc3c2=O)N1. The average molecular weight is 292 g/mol. The van der Waals surface area contributed by atoms with Crippen molar-refractivity contribution in [3.63, 3.8) is 0 Å². The molecule has 0 saturated heterocycles. The summed E-state index contributed by atoms with van der Waals surface area (Å²) in [5.74, 6) is 0.598. The molecular weight excluding hydrogens is 280 g/mol. The molecule has 1 atom stereocenters. The number of pyridine rings is 1. The van der Waals surface area contributed by atoms with Gasteiger partial charge in [-0.05, 0) is 18.2 Å². The van der Waals surface area contributed by atoms with Gasteiger partial charge in [0.25, 0.3) is 5.56 Å². The van der Waals surface area contributed by atoms with Crippen LogP contribution in [0.4, 0.5) is 5.95 Å². The highest BCUT2D eigenvalue weighted by Gasteiger charge is 2.25. The minimum Gasteiger partial charge on any atom is -0.370 e. The number of hydrogen-bond acceptors (Lipinski definition) is 6. The molecule has 2 aromatic heterocycles. The number of para-hydroxylation sites is 1. The Kier molecular flexibility index (Phi) is 2.65. The molecule has 108 valence electrons. The van der Waals surface area contributed by atoms with E-state index in [9.17, 15) is 4.79 Å². The number of anilines is 1. The van der Waals surface area contributed by atoms with Gasteiger partial charge in [0.15, 0.2) is 12.1 Å². The number of fused-ring (bicyclic) bond motifs is 2. The van der Waals surface area contributed by atoms with Gasteiger partial charge in [-0.3, -0.25) is 19.7 Å². The fourth-order valence-corrected chi connectivity index (χ4v) is 2.55.